The largest absolute Gasteiger partial charge is 0.493 e. The van der Waals surface area contributed by atoms with E-state index in [1.165, 1.54) is 30.5 Å². The fourth-order valence-electron chi connectivity index (χ4n) is 4.96. The van der Waals surface area contributed by atoms with E-state index in [4.69, 9.17) is 14.5 Å². The molecule has 4 aromatic rings. The third-order valence-corrected chi connectivity index (χ3v) is 7.05. The van der Waals surface area contributed by atoms with Crippen molar-refractivity contribution >= 4 is 22.8 Å². The number of nitrogens with zero attached hydrogens (tertiary/aromatic N) is 4. The molecule has 0 radical (unpaired) electrons. The van der Waals surface area contributed by atoms with Gasteiger partial charge in [-0.25, -0.2) is 4.98 Å². The molecule has 1 fully saturated rings. The normalized spacial score (nSPS) is 14.1. The van der Waals surface area contributed by atoms with Gasteiger partial charge in [0, 0.05) is 17.5 Å². The number of rotatable bonds is 8. The van der Waals surface area contributed by atoms with Crippen LogP contribution in [0.4, 0.5) is 5.69 Å². The van der Waals surface area contributed by atoms with Gasteiger partial charge in [0.15, 0.2) is 5.75 Å². The molecule has 1 heterocycles. The Morgan fingerprint density at radius 1 is 1.10 bits per heavy atom. The lowest BCUT2D eigenvalue weighted by Gasteiger charge is -2.22. The van der Waals surface area contributed by atoms with Crippen molar-refractivity contribution in [3.05, 3.63) is 104 Å². The van der Waals surface area contributed by atoms with Gasteiger partial charge in [-0.05, 0) is 43.5 Å². The second-order valence-electron chi connectivity index (χ2n) is 9.79. The third-order valence-electron chi connectivity index (χ3n) is 7.05. The number of benzene rings is 3. The number of fused-ring (bicyclic) bond motifs is 1. The van der Waals surface area contributed by atoms with Gasteiger partial charge in [0.2, 0.25) is 5.75 Å². The summed E-state index contributed by atoms with van der Waals surface area (Å²) in [6.45, 7) is 2.13. The highest BCUT2D eigenvalue weighted by atomic mass is 16.6. The molecular formula is C30H30N4O5. The molecule has 0 bridgehead atoms. The Hall–Kier alpha value is -4.53. The quantitative estimate of drug-likeness (QED) is 0.155. The molecule has 39 heavy (non-hydrogen) atoms. The molecular weight excluding hydrogens is 496 g/mol. The van der Waals surface area contributed by atoms with Crippen molar-refractivity contribution in [2.24, 2.45) is 5.10 Å². The van der Waals surface area contributed by atoms with Crippen LogP contribution in [0.25, 0.3) is 10.9 Å². The van der Waals surface area contributed by atoms with Crippen LogP contribution in [0, 0.1) is 17.0 Å². The molecule has 0 amide bonds. The number of ether oxygens (including phenoxy) is 2. The third kappa shape index (κ3) is 5.67. The highest BCUT2D eigenvalue weighted by Gasteiger charge is 2.24. The lowest BCUT2D eigenvalue weighted by Crippen LogP contribution is -2.25. The average molecular weight is 527 g/mol. The first-order chi connectivity index (χ1) is 18.9. The van der Waals surface area contributed by atoms with E-state index in [0.717, 1.165) is 36.8 Å². The standard InChI is InChI=1S/C30H30N4O5/c1-20-12-14-21(15-13-20)19-39-28-26(34(36)37)16-22(17-27(28)38-2)18-31-33-29(23-8-4-3-5-9-23)32-25-11-7-6-10-24(25)30(33)35/h6-7,10-18,23H,3-5,8-9,19H2,1-2H3. The van der Waals surface area contributed by atoms with Crippen LogP contribution in [0.3, 0.4) is 0 Å². The van der Waals surface area contributed by atoms with Crippen molar-refractivity contribution in [3.63, 3.8) is 0 Å². The molecule has 0 saturated heterocycles. The first kappa shape index (κ1) is 26.1. The molecule has 0 atom stereocenters. The van der Waals surface area contributed by atoms with Crippen LogP contribution in [0.5, 0.6) is 11.5 Å². The number of hydrogen-bond acceptors (Lipinski definition) is 7. The summed E-state index contributed by atoms with van der Waals surface area (Å²) in [5.74, 6) is 0.978. The van der Waals surface area contributed by atoms with Gasteiger partial charge in [0.1, 0.15) is 12.4 Å². The molecule has 1 aromatic heterocycles. The summed E-state index contributed by atoms with van der Waals surface area (Å²) in [6, 6.07) is 17.9. The Morgan fingerprint density at radius 2 is 1.85 bits per heavy atom. The van der Waals surface area contributed by atoms with E-state index < -0.39 is 4.92 Å². The molecule has 1 saturated carbocycles. The zero-order valence-electron chi connectivity index (χ0n) is 22.0. The van der Waals surface area contributed by atoms with Crippen molar-refractivity contribution in [1.29, 1.82) is 0 Å². The number of aromatic nitrogens is 2. The van der Waals surface area contributed by atoms with E-state index in [-0.39, 0.29) is 35.3 Å². The highest BCUT2D eigenvalue weighted by Crippen LogP contribution is 2.38. The van der Waals surface area contributed by atoms with Crippen LogP contribution >= 0.6 is 0 Å². The number of nitro benzene ring substituents is 1. The van der Waals surface area contributed by atoms with Crippen LogP contribution < -0.4 is 15.0 Å². The van der Waals surface area contributed by atoms with Crippen LogP contribution in [0.2, 0.25) is 0 Å². The van der Waals surface area contributed by atoms with Gasteiger partial charge in [-0.1, -0.05) is 61.2 Å². The van der Waals surface area contributed by atoms with Crippen LogP contribution in [-0.4, -0.2) is 27.9 Å². The van der Waals surface area contributed by atoms with Crippen LogP contribution in [0.15, 0.2) is 70.6 Å². The number of hydrogen-bond donors (Lipinski definition) is 0. The maximum Gasteiger partial charge on any atom is 0.315 e. The number of nitro groups is 1. The molecule has 9 nitrogen and oxygen atoms in total. The van der Waals surface area contributed by atoms with E-state index in [1.54, 1.807) is 18.2 Å². The van der Waals surface area contributed by atoms with E-state index >= 15 is 0 Å². The minimum atomic E-state index is -0.512. The van der Waals surface area contributed by atoms with Gasteiger partial charge in [-0.15, -0.1) is 0 Å². The second kappa shape index (κ2) is 11.5. The minimum absolute atomic E-state index is 0.0349. The zero-order chi connectivity index (χ0) is 27.4. The van der Waals surface area contributed by atoms with Gasteiger partial charge in [0.25, 0.3) is 5.56 Å². The highest BCUT2D eigenvalue weighted by molar-refractivity contribution is 5.83. The second-order valence-corrected chi connectivity index (χ2v) is 9.79. The number of aryl methyl sites for hydroxylation is 1. The summed E-state index contributed by atoms with van der Waals surface area (Å²) in [5.41, 5.74) is 2.51. The fourth-order valence-corrected chi connectivity index (χ4v) is 4.96. The molecule has 3 aromatic carbocycles. The van der Waals surface area contributed by atoms with Crippen molar-refractivity contribution in [1.82, 2.24) is 9.66 Å². The van der Waals surface area contributed by atoms with Gasteiger partial charge in [-0.3, -0.25) is 14.9 Å². The minimum Gasteiger partial charge on any atom is -0.493 e. The maximum absolute atomic E-state index is 13.5. The lowest BCUT2D eigenvalue weighted by molar-refractivity contribution is -0.386. The zero-order valence-corrected chi connectivity index (χ0v) is 22.0. The Kier molecular flexibility index (Phi) is 7.67. The van der Waals surface area contributed by atoms with Crippen molar-refractivity contribution in [3.8, 4) is 11.5 Å². The predicted molar refractivity (Wildman–Crippen MR) is 150 cm³/mol. The Morgan fingerprint density at radius 3 is 2.56 bits per heavy atom. The van der Waals surface area contributed by atoms with Gasteiger partial charge < -0.3 is 9.47 Å². The van der Waals surface area contributed by atoms with Crippen molar-refractivity contribution in [2.45, 2.75) is 51.6 Å². The summed E-state index contributed by atoms with van der Waals surface area (Å²) in [7, 11) is 1.43. The average Bonchev–Trinajstić information content (AvgIpc) is 2.96. The molecule has 1 aliphatic carbocycles. The van der Waals surface area contributed by atoms with Crippen molar-refractivity contribution in [2.75, 3.05) is 7.11 Å². The molecule has 200 valence electrons. The smallest absolute Gasteiger partial charge is 0.315 e. The van der Waals surface area contributed by atoms with E-state index in [0.29, 0.717) is 22.3 Å². The first-order valence-corrected chi connectivity index (χ1v) is 13.1. The SMILES string of the molecule is COc1cc(C=Nn2c(C3CCCCC3)nc3ccccc3c2=O)cc([N+](=O)[O-])c1OCc1ccc(C)cc1. The first-order valence-electron chi connectivity index (χ1n) is 13.1. The summed E-state index contributed by atoms with van der Waals surface area (Å²) in [4.78, 5) is 29.8. The molecule has 9 heteroatoms. The molecule has 1 aliphatic rings. The molecule has 0 aliphatic heterocycles. The predicted octanol–water partition coefficient (Wildman–Crippen LogP) is 6.13. The van der Waals surface area contributed by atoms with Gasteiger partial charge >= 0.3 is 5.69 Å². The van der Waals surface area contributed by atoms with Crippen LogP contribution in [-0.2, 0) is 6.61 Å². The molecule has 0 N–H and O–H groups in total. The maximum atomic E-state index is 13.5. The van der Waals surface area contributed by atoms with Crippen molar-refractivity contribution < 1.29 is 14.4 Å². The molecule has 5 rings (SSSR count). The Labute approximate surface area is 225 Å². The van der Waals surface area contributed by atoms with Gasteiger partial charge in [0.05, 0.1) is 29.2 Å². The topological polar surface area (TPSA) is 109 Å². The molecule has 0 spiro atoms. The number of methoxy groups -OCH3 is 1. The van der Waals surface area contributed by atoms with E-state index in [9.17, 15) is 14.9 Å². The fraction of sp³-hybridized carbons (Fsp3) is 0.300. The Bertz CT molecular complexity index is 1590. The summed E-state index contributed by atoms with van der Waals surface area (Å²) in [5, 5.41) is 17.0. The van der Waals surface area contributed by atoms with E-state index in [1.807, 2.05) is 43.3 Å². The molecule has 0 unspecified atom stereocenters. The Balaban J connectivity index is 1.53. The lowest BCUT2D eigenvalue weighted by atomic mass is 9.88. The summed E-state index contributed by atoms with van der Waals surface area (Å²) >= 11 is 0. The van der Waals surface area contributed by atoms with Crippen LogP contribution in [0.1, 0.15) is 60.5 Å². The summed E-state index contributed by atoms with van der Waals surface area (Å²) < 4.78 is 12.7. The summed E-state index contributed by atoms with van der Waals surface area (Å²) in [6.07, 6.45) is 6.62. The number of para-hydroxylation sites is 1. The van der Waals surface area contributed by atoms with E-state index in [2.05, 4.69) is 5.10 Å². The monoisotopic (exact) mass is 526 g/mol. The van der Waals surface area contributed by atoms with Gasteiger partial charge in [-0.2, -0.15) is 9.78 Å².